The molecule has 0 bridgehead atoms. The summed E-state index contributed by atoms with van der Waals surface area (Å²) in [5.74, 6) is -1.76. The van der Waals surface area contributed by atoms with E-state index in [-0.39, 0.29) is 13.2 Å². The molecular formula is C27H30O6. The number of carbonyl (C=O) groups is 2. The number of ether oxygens (including phenoxy) is 4. The Morgan fingerprint density at radius 2 is 1.12 bits per heavy atom. The van der Waals surface area contributed by atoms with Crippen LogP contribution in [0.2, 0.25) is 0 Å². The van der Waals surface area contributed by atoms with Crippen molar-refractivity contribution in [2.75, 3.05) is 13.2 Å². The van der Waals surface area contributed by atoms with Crippen molar-refractivity contribution < 1.29 is 28.5 Å². The lowest BCUT2D eigenvalue weighted by atomic mass is 10.1. The molecule has 2 aromatic carbocycles. The maximum atomic E-state index is 12.4. The van der Waals surface area contributed by atoms with Crippen molar-refractivity contribution in [3.8, 4) is 0 Å². The van der Waals surface area contributed by atoms with Crippen LogP contribution in [0.1, 0.15) is 38.8 Å². The molecule has 0 amide bonds. The first-order valence-electron chi connectivity index (χ1n) is 10.9. The minimum Gasteiger partial charge on any atom is -0.459 e. The Balaban J connectivity index is 1.55. The second-order valence-electron chi connectivity index (χ2n) is 8.39. The first kappa shape index (κ1) is 24.4. The highest BCUT2D eigenvalue weighted by Gasteiger charge is 2.42. The number of esters is 2. The van der Waals surface area contributed by atoms with Crippen LogP contribution < -0.4 is 0 Å². The third kappa shape index (κ3) is 7.41. The van der Waals surface area contributed by atoms with Crippen molar-refractivity contribution in [2.24, 2.45) is 0 Å². The molecule has 0 aliphatic carbocycles. The highest BCUT2D eigenvalue weighted by atomic mass is 16.8. The van der Waals surface area contributed by atoms with E-state index in [1.165, 1.54) is 0 Å². The zero-order valence-electron chi connectivity index (χ0n) is 19.4. The lowest BCUT2D eigenvalue weighted by Crippen LogP contribution is -2.33. The Morgan fingerprint density at radius 1 is 0.758 bits per heavy atom. The minimum absolute atomic E-state index is 0.0106. The molecule has 3 rings (SSSR count). The van der Waals surface area contributed by atoms with Gasteiger partial charge in [-0.15, -0.1) is 0 Å². The van der Waals surface area contributed by atoms with E-state index in [1.807, 2.05) is 60.7 Å². The molecule has 1 saturated heterocycles. The van der Waals surface area contributed by atoms with Crippen LogP contribution >= 0.6 is 0 Å². The summed E-state index contributed by atoms with van der Waals surface area (Å²) in [6.45, 7) is 6.92. The van der Waals surface area contributed by atoms with Crippen LogP contribution in [0.4, 0.5) is 0 Å². The number of benzene rings is 2. The molecule has 174 valence electrons. The van der Waals surface area contributed by atoms with Crippen LogP contribution in [-0.4, -0.2) is 43.1 Å². The lowest BCUT2D eigenvalue weighted by Gasteiger charge is -2.17. The molecule has 1 aliphatic rings. The zero-order chi connectivity index (χ0) is 23.8. The van der Waals surface area contributed by atoms with Gasteiger partial charge < -0.3 is 18.9 Å². The van der Waals surface area contributed by atoms with Crippen molar-refractivity contribution in [1.29, 1.82) is 0 Å². The average molecular weight is 451 g/mol. The molecule has 6 heteroatoms. The minimum atomic E-state index is -0.877. The number of hydrogen-bond donors (Lipinski definition) is 0. The first-order chi connectivity index (χ1) is 15.7. The highest BCUT2D eigenvalue weighted by molar-refractivity contribution is 5.93. The highest BCUT2D eigenvalue weighted by Crippen LogP contribution is 2.29. The zero-order valence-corrected chi connectivity index (χ0v) is 19.4. The monoisotopic (exact) mass is 450 g/mol. The molecule has 0 unspecified atom stereocenters. The van der Waals surface area contributed by atoms with Gasteiger partial charge in [-0.3, -0.25) is 0 Å². The molecule has 33 heavy (non-hydrogen) atoms. The molecule has 0 saturated carbocycles. The van der Waals surface area contributed by atoms with Crippen LogP contribution in [0.15, 0.2) is 71.8 Å². The molecule has 1 aliphatic heterocycles. The molecule has 1 fully saturated rings. The van der Waals surface area contributed by atoms with Gasteiger partial charge in [0.25, 0.3) is 0 Å². The Bertz CT molecular complexity index is 926. The summed E-state index contributed by atoms with van der Waals surface area (Å²) in [7, 11) is 0. The first-order valence-corrected chi connectivity index (χ1v) is 10.9. The van der Waals surface area contributed by atoms with Gasteiger partial charge in [0.2, 0.25) is 0 Å². The third-order valence-corrected chi connectivity index (χ3v) is 5.05. The molecule has 0 spiro atoms. The summed E-state index contributed by atoms with van der Waals surface area (Å²) in [4.78, 5) is 24.8. The van der Waals surface area contributed by atoms with Crippen molar-refractivity contribution in [2.45, 2.75) is 45.7 Å². The van der Waals surface area contributed by atoms with E-state index in [4.69, 9.17) is 18.9 Å². The molecule has 6 nitrogen and oxygen atoms in total. The van der Waals surface area contributed by atoms with Gasteiger partial charge in [-0.2, -0.15) is 0 Å². The summed E-state index contributed by atoms with van der Waals surface area (Å²) in [6.07, 6.45) is 2.41. The van der Waals surface area contributed by atoms with E-state index in [1.54, 1.807) is 39.8 Å². The Kier molecular flexibility index (Phi) is 8.20. The quantitative estimate of drug-likeness (QED) is 0.425. The van der Waals surface area contributed by atoms with Crippen molar-refractivity contribution in [3.05, 3.63) is 82.9 Å². The van der Waals surface area contributed by atoms with Gasteiger partial charge in [0.15, 0.2) is 5.79 Å². The van der Waals surface area contributed by atoms with Gasteiger partial charge in [-0.05, 0) is 51.0 Å². The fourth-order valence-electron chi connectivity index (χ4n) is 3.45. The van der Waals surface area contributed by atoms with Gasteiger partial charge >= 0.3 is 11.9 Å². The fraction of sp³-hybridized carbons (Fsp3) is 0.333. The summed E-state index contributed by atoms with van der Waals surface area (Å²) in [5.41, 5.74) is 2.78. The Labute approximate surface area is 194 Å². The van der Waals surface area contributed by atoms with E-state index >= 15 is 0 Å². The van der Waals surface area contributed by atoms with Crippen LogP contribution in [0.5, 0.6) is 0 Å². The van der Waals surface area contributed by atoms with E-state index < -0.39 is 29.9 Å². The summed E-state index contributed by atoms with van der Waals surface area (Å²) in [5, 5.41) is 0. The van der Waals surface area contributed by atoms with E-state index in [0.29, 0.717) is 11.1 Å². The van der Waals surface area contributed by atoms with Crippen LogP contribution in [0, 0.1) is 0 Å². The fourth-order valence-corrected chi connectivity index (χ4v) is 3.45. The van der Waals surface area contributed by atoms with Crippen LogP contribution in [0.25, 0.3) is 12.2 Å². The second-order valence-corrected chi connectivity index (χ2v) is 8.39. The maximum absolute atomic E-state index is 12.4. The van der Waals surface area contributed by atoms with Gasteiger partial charge in [-0.1, -0.05) is 60.7 Å². The van der Waals surface area contributed by atoms with Gasteiger partial charge in [0.1, 0.15) is 25.4 Å². The van der Waals surface area contributed by atoms with Crippen LogP contribution in [-0.2, 0) is 28.5 Å². The van der Waals surface area contributed by atoms with Gasteiger partial charge in [0, 0.05) is 11.1 Å². The van der Waals surface area contributed by atoms with Gasteiger partial charge in [-0.25, -0.2) is 9.59 Å². The summed E-state index contributed by atoms with van der Waals surface area (Å²) < 4.78 is 22.7. The predicted molar refractivity (Wildman–Crippen MR) is 126 cm³/mol. The van der Waals surface area contributed by atoms with Crippen molar-refractivity contribution >= 4 is 24.1 Å². The van der Waals surface area contributed by atoms with E-state index in [9.17, 15) is 9.59 Å². The Morgan fingerprint density at radius 3 is 1.48 bits per heavy atom. The Hall–Kier alpha value is -3.22. The number of carbonyl (C=O) groups excluding carboxylic acids is 2. The standard InChI is InChI=1S/C27H30O6/c1-19(15-21-11-7-5-8-12-21)25(28)30-17-23-24(33-27(3,4)32-23)18-31-26(29)20(2)16-22-13-9-6-10-14-22/h5-16,23-24H,17-18H2,1-4H3/b19-15+,20-16+/t23-,24-/m0/s1. The topological polar surface area (TPSA) is 71.1 Å². The third-order valence-electron chi connectivity index (χ3n) is 5.05. The number of rotatable bonds is 8. The predicted octanol–water partition coefficient (Wildman–Crippen LogP) is 4.80. The number of hydrogen-bond acceptors (Lipinski definition) is 6. The molecule has 2 atom stereocenters. The SMILES string of the molecule is C/C(=C\c1ccccc1)C(=O)OC[C@@H]1OC(C)(C)O[C@H]1COC(=O)/C(C)=C/c1ccccc1. The molecule has 0 aromatic heterocycles. The largest absolute Gasteiger partial charge is 0.459 e. The summed E-state index contributed by atoms with van der Waals surface area (Å²) >= 11 is 0. The van der Waals surface area contributed by atoms with E-state index in [2.05, 4.69) is 0 Å². The lowest BCUT2D eigenvalue weighted by molar-refractivity contribution is -0.161. The molecule has 0 radical (unpaired) electrons. The average Bonchev–Trinajstić information content (AvgIpc) is 3.10. The van der Waals surface area contributed by atoms with Crippen molar-refractivity contribution in [1.82, 2.24) is 0 Å². The normalized spacial score (nSPS) is 20.4. The second kappa shape index (κ2) is 11.1. The molecule has 2 aromatic rings. The molecule has 1 heterocycles. The maximum Gasteiger partial charge on any atom is 0.333 e. The van der Waals surface area contributed by atoms with Crippen LogP contribution in [0.3, 0.4) is 0 Å². The van der Waals surface area contributed by atoms with Gasteiger partial charge in [0.05, 0.1) is 0 Å². The molecular weight excluding hydrogens is 420 g/mol. The van der Waals surface area contributed by atoms with Crippen molar-refractivity contribution in [3.63, 3.8) is 0 Å². The smallest absolute Gasteiger partial charge is 0.333 e. The van der Waals surface area contributed by atoms with E-state index in [0.717, 1.165) is 11.1 Å². The summed E-state index contributed by atoms with van der Waals surface area (Å²) in [6, 6.07) is 19.1. The molecule has 0 N–H and O–H groups in total.